The number of carbonyl (C=O) groups excluding carboxylic acids is 1. The molecule has 7 heteroatoms. The molecule has 7 nitrogen and oxygen atoms in total. The molecule has 1 aliphatic rings. The Morgan fingerprint density at radius 1 is 1.07 bits per heavy atom. The minimum Gasteiger partial charge on any atom is -0.454 e. The van der Waals surface area contributed by atoms with E-state index in [1.54, 1.807) is 16.9 Å². The van der Waals surface area contributed by atoms with E-state index in [2.05, 4.69) is 27.5 Å². The number of amides is 1. The van der Waals surface area contributed by atoms with Crippen molar-refractivity contribution in [3.63, 3.8) is 0 Å². The van der Waals surface area contributed by atoms with E-state index in [-0.39, 0.29) is 12.7 Å². The summed E-state index contributed by atoms with van der Waals surface area (Å²) in [6, 6.07) is 17.8. The lowest BCUT2D eigenvalue weighted by molar-refractivity contribution is 0.0954. The fourth-order valence-corrected chi connectivity index (χ4v) is 3.56. The van der Waals surface area contributed by atoms with Gasteiger partial charge < -0.3 is 14.8 Å². The number of aryl methyl sites for hydroxylation is 1. The second-order valence-corrected chi connectivity index (χ2v) is 7.04. The summed E-state index contributed by atoms with van der Waals surface area (Å²) >= 11 is 0. The molecule has 1 aliphatic heterocycles. The van der Waals surface area contributed by atoms with Crippen molar-refractivity contribution >= 4 is 11.6 Å². The number of ether oxygens (including phenoxy) is 2. The molecule has 5 rings (SSSR count). The minimum atomic E-state index is -0.173. The lowest BCUT2D eigenvalue weighted by Gasteiger charge is -2.07. The van der Waals surface area contributed by atoms with E-state index >= 15 is 0 Å². The summed E-state index contributed by atoms with van der Waals surface area (Å²) in [5.41, 5.74) is 3.96. The van der Waals surface area contributed by atoms with Gasteiger partial charge in [-0.2, -0.15) is 5.10 Å². The first-order chi connectivity index (χ1) is 14.8. The molecular formula is C23H20N4O3. The van der Waals surface area contributed by atoms with Crippen molar-refractivity contribution in [2.45, 2.75) is 12.8 Å². The highest BCUT2D eigenvalue weighted by molar-refractivity contribution is 5.99. The third kappa shape index (κ3) is 3.45. The van der Waals surface area contributed by atoms with Crippen molar-refractivity contribution in [3.05, 3.63) is 78.1 Å². The molecule has 0 unspecified atom stereocenters. The Kier molecular flexibility index (Phi) is 4.77. The van der Waals surface area contributed by atoms with Crippen molar-refractivity contribution in [1.82, 2.24) is 19.9 Å². The number of benzene rings is 2. The van der Waals surface area contributed by atoms with Gasteiger partial charge in [-0.1, -0.05) is 30.3 Å². The smallest absolute Gasteiger partial charge is 0.256 e. The van der Waals surface area contributed by atoms with Gasteiger partial charge in [0.1, 0.15) is 5.56 Å². The highest BCUT2D eigenvalue weighted by Gasteiger charge is 2.18. The van der Waals surface area contributed by atoms with Gasteiger partial charge in [0.05, 0.1) is 11.9 Å². The molecule has 0 saturated heterocycles. The zero-order chi connectivity index (χ0) is 20.3. The molecule has 4 aromatic rings. The van der Waals surface area contributed by atoms with Crippen molar-refractivity contribution in [2.75, 3.05) is 13.3 Å². The predicted molar refractivity (Wildman–Crippen MR) is 112 cm³/mol. The number of hydrogen-bond acceptors (Lipinski definition) is 5. The second-order valence-electron chi connectivity index (χ2n) is 7.04. The molecule has 0 atom stereocenters. The average molecular weight is 400 g/mol. The van der Waals surface area contributed by atoms with E-state index in [1.165, 1.54) is 5.56 Å². The fraction of sp³-hybridized carbons (Fsp3) is 0.174. The van der Waals surface area contributed by atoms with Crippen LogP contribution in [0.1, 0.15) is 22.3 Å². The quantitative estimate of drug-likeness (QED) is 0.502. The van der Waals surface area contributed by atoms with E-state index < -0.39 is 0 Å². The molecule has 0 spiro atoms. The Balaban J connectivity index is 1.32. The van der Waals surface area contributed by atoms with Gasteiger partial charge in [-0.05, 0) is 42.7 Å². The fourth-order valence-electron chi connectivity index (χ4n) is 3.56. The third-order valence-corrected chi connectivity index (χ3v) is 5.08. The van der Waals surface area contributed by atoms with Gasteiger partial charge in [-0.3, -0.25) is 4.79 Å². The van der Waals surface area contributed by atoms with E-state index in [4.69, 9.17) is 9.47 Å². The highest BCUT2D eigenvalue weighted by atomic mass is 16.7. The number of aromatic nitrogens is 3. The maximum absolute atomic E-state index is 12.7. The summed E-state index contributed by atoms with van der Waals surface area (Å²) < 4.78 is 12.5. The third-order valence-electron chi connectivity index (χ3n) is 5.08. The van der Waals surface area contributed by atoms with Gasteiger partial charge in [0.15, 0.2) is 17.1 Å². The van der Waals surface area contributed by atoms with Gasteiger partial charge in [-0.15, -0.1) is 0 Å². The van der Waals surface area contributed by atoms with E-state index in [9.17, 15) is 4.79 Å². The first-order valence-electron chi connectivity index (χ1n) is 9.84. The van der Waals surface area contributed by atoms with Gasteiger partial charge >= 0.3 is 0 Å². The number of nitrogens with one attached hydrogen (secondary N) is 1. The summed E-state index contributed by atoms with van der Waals surface area (Å²) in [5.74, 6) is 1.24. The van der Waals surface area contributed by atoms with Crippen LogP contribution in [0.3, 0.4) is 0 Å². The molecule has 0 radical (unpaired) electrons. The monoisotopic (exact) mass is 400 g/mol. The molecule has 150 valence electrons. The normalized spacial score (nSPS) is 12.3. The molecule has 2 aromatic heterocycles. The van der Waals surface area contributed by atoms with Crippen LogP contribution < -0.4 is 14.8 Å². The van der Waals surface area contributed by atoms with Gasteiger partial charge in [-0.25, -0.2) is 9.50 Å². The minimum absolute atomic E-state index is 0.173. The molecule has 0 fully saturated rings. The van der Waals surface area contributed by atoms with Crippen LogP contribution in [0.2, 0.25) is 0 Å². The second kappa shape index (κ2) is 7.87. The van der Waals surface area contributed by atoms with Crippen LogP contribution in [-0.2, 0) is 6.42 Å². The van der Waals surface area contributed by atoms with E-state index in [0.29, 0.717) is 23.5 Å². The average Bonchev–Trinajstić information content (AvgIpc) is 3.43. The Morgan fingerprint density at radius 2 is 1.93 bits per heavy atom. The van der Waals surface area contributed by atoms with Crippen LogP contribution >= 0.6 is 0 Å². The lowest BCUT2D eigenvalue weighted by Crippen LogP contribution is -2.24. The summed E-state index contributed by atoms with van der Waals surface area (Å²) in [5, 5.41) is 7.38. The largest absolute Gasteiger partial charge is 0.454 e. The molecule has 1 amide bonds. The van der Waals surface area contributed by atoms with Crippen LogP contribution in [0.15, 0.2) is 67.0 Å². The maximum Gasteiger partial charge on any atom is 0.256 e. The first kappa shape index (κ1) is 18.2. The van der Waals surface area contributed by atoms with E-state index in [0.717, 1.165) is 29.8 Å². The van der Waals surface area contributed by atoms with Gasteiger partial charge in [0, 0.05) is 18.3 Å². The zero-order valence-electron chi connectivity index (χ0n) is 16.2. The number of fused-ring (bicyclic) bond motifs is 2. The Morgan fingerprint density at radius 3 is 2.83 bits per heavy atom. The van der Waals surface area contributed by atoms with Crippen LogP contribution in [0, 0.1) is 0 Å². The highest BCUT2D eigenvalue weighted by Crippen LogP contribution is 2.35. The topological polar surface area (TPSA) is 77.8 Å². The molecular weight excluding hydrogens is 380 g/mol. The SMILES string of the molecule is O=C(NCCCc1ccccc1)c1cnn2c(-c3ccc4c(c3)OCO4)ccnc12. The maximum atomic E-state index is 12.7. The van der Waals surface area contributed by atoms with Gasteiger partial charge in [0.2, 0.25) is 6.79 Å². The summed E-state index contributed by atoms with van der Waals surface area (Å²) in [6.07, 6.45) is 5.03. The molecule has 30 heavy (non-hydrogen) atoms. The standard InChI is InChI=1S/C23H20N4O3/c28-23(25-11-4-7-16-5-2-1-3-6-16)18-14-26-27-19(10-12-24-22(18)27)17-8-9-20-21(13-17)30-15-29-20/h1-3,5-6,8-10,12-14H,4,7,11,15H2,(H,25,28). The lowest BCUT2D eigenvalue weighted by atomic mass is 10.1. The van der Waals surface area contributed by atoms with Crippen LogP contribution in [0.4, 0.5) is 0 Å². The summed E-state index contributed by atoms with van der Waals surface area (Å²) in [4.78, 5) is 17.1. The number of hydrogen-bond donors (Lipinski definition) is 1. The molecule has 2 aromatic carbocycles. The Labute approximate surface area is 173 Å². The molecule has 0 aliphatic carbocycles. The summed E-state index contributed by atoms with van der Waals surface area (Å²) in [7, 11) is 0. The van der Waals surface area contributed by atoms with E-state index in [1.807, 2.05) is 42.5 Å². The molecule has 0 saturated carbocycles. The number of nitrogens with zero attached hydrogens (tertiary/aromatic N) is 3. The molecule has 0 bridgehead atoms. The Bertz CT molecular complexity index is 1200. The first-order valence-corrected chi connectivity index (χ1v) is 9.84. The summed E-state index contributed by atoms with van der Waals surface area (Å²) in [6.45, 7) is 0.813. The van der Waals surface area contributed by atoms with Crippen molar-refractivity contribution in [3.8, 4) is 22.8 Å². The predicted octanol–water partition coefficient (Wildman–Crippen LogP) is 3.49. The van der Waals surface area contributed by atoms with Gasteiger partial charge in [0.25, 0.3) is 5.91 Å². The van der Waals surface area contributed by atoms with Crippen LogP contribution in [0.25, 0.3) is 16.9 Å². The number of carbonyl (C=O) groups is 1. The molecule has 3 heterocycles. The Hall–Kier alpha value is -3.87. The van der Waals surface area contributed by atoms with Crippen molar-refractivity contribution < 1.29 is 14.3 Å². The van der Waals surface area contributed by atoms with Crippen LogP contribution in [-0.4, -0.2) is 33.8 Å². The van der Waals surface area contributed by atoms with Crippen molar-refractivity contribution in [2.24, 2.45) is 0 Å². The molecule has 1 N–H and O–H groups in total. The zero-order valence-corrected chi connectivity index (χ0v) is 16.2. The van der Waals surface area contributed by atoms with Crippen LogP contribution in [0.5, 0.6) is 11.5 Å². The number of rotatable bonds is 6. The van der Waals surface area contributed by atoms with Crippen molar-refractivity contribution in [1.29, 1.82) is 0 Å².